The molecule has 0 spiro atoms. The summed E-state index contributed by atoms with van der Waals surface area (Å²) in [5, 5.41) is 20.9. The maximum Gasteiger partial charge on any atom is 0.317 e. The SMILES string of the molecule is CC(C)C1CC(NCCO)CN(CC(=O)O)C1. The summed E-state index contributed by atoms with van der Waals surface area (Å²) in [7, 11) is 0. The number of carbonyl (C=O) groups is 1. The monoisotopic (exact) mass is 244 g/mol. The van der Waals surface area contributed by atoms with E-state index < -0.39 is 5.97 Å². The molecule has 100 valence electrons. The second kappa shape index (κ2) is 6.93. The van der Waals surface area contributed by atoms with E-state index in [2.05, 4.69) is 19.2 Å². The number of aliphatic hydroxyl groups excluding tert-OH is 1. The van der Waals surface area contributed by atoms with E-state index in [1.54, 1.807) is 0 Å². The maximum absolute atomic E-state index is 10.8. The van der Waals surface area contributed by atoms with Crippen molar-refractivity contribution in [2.45, 2.75) is 26.3 Å². The molecular weight excluding hydrogens is 220 g/mol. The number of nitrogens with one attached hydrogen (secondary N) is 1. The molecule has 1 aliphatic rings. The Morgan fingerprint density at radius 2 is 2.18 bits per heavy atom. The van der Waals surface area contributed by atoms with Crippen molar-refractivity contribution in [2.24, 2.45) is 11.8 Å². The topological polar surface area (TPSA) is 72.8 Å². The predicted molar refractivity (Wildman–Crippen MR) is 65.9 cm³/mol. The van der Waals surface area contributed by atoms with Gasteiger partial charge in [-0.3, -0.25) is 9.69 Å². The quantitative estimate of drug-likeness (QED) is 0.613. The number of aliphatic hydroxyl groups is 1. The highest BCUT2D eigenvalue weighted by atomic mass is 16.4. The van der Waals surface area contributed by atoms with E-state index >= 15 is 0 Å². The zero-order valence-electron chi connectivity index (χ0n) is 10.7. The third-order valence-corrected chi connectivity index (χ3v) is 3.41. The number of carboxylic acid groups (broad SMARTS) is 1. The Labute approximate surface area is 103 Å². The first-order chi connectivity index (χ1) is 8.02. The molecule has 0 radical (unpaired) electrons. The number of rotatable bonds is 6. The fourth-order valence-corrected chi connectivity index (χ4v) is 2.45. The molecule has 0 saturated carbocycles. The van der Waals surface area contributed by atoms with Crippen LogP contribution in [0.1, 0.15) is 20.3 Å². The number of carboxylic acids is 1. The van der Waals surface area contributed by atoms with Gasteiger partial charge in [-0.1, -0.05) is 13.8 Å². The molecule has 5 heteroatoms. The lowest BCUT2D eigenvalue weighted by Gasteiger charge is -2.39. The summed E-state index contributed by atoms with van der Waals surface area (Å²) in [6.45, 7) is 6.80. The first-order valence-electron chi connectivity index (χ1n) is 6.31. The summed E-state index contributed by atoms with van der Waals surface area (Å²) in [5.74, 6) is 0.319. The second-order valence-electron chi connectivity index (χ2n) is 5.20. The molecule has 0 aromatic heterocycles. The van der Waals surface area contributed by atoms with Crippen LogP contribution in [0.4, 0.5) is 0 Å². The Hall–Kier alpha value is -0.650. The summed E-state index contributed by atoms with van der Waals surface area (Å²) >= 11 is 0. The molecule has 1 heterocycles. The fourth-order valence-electron chi connectivity index (χ4n) is 2.45. The van der Waals surface area contributed by atoms with Crippen LogP contribution in [0.25, 0.3) is 0 Å². The Kier molecular flexibility index (Phi) is 5.88. The molecule has 0 aromatic rings. The second-order valence-corrected chi connectivity index (χ2v) is 5.20. The molecule has 0 aliphatic carbocycles. The molecule has 0 aromatic carbocycles. The Morgan fingerprint density at radius 3 is 2.71 bits per heavy atom. The molecular formula is C12H24N2O3. The highest BCUT2D eigenvalue weighted by Gasteiger charge is 2.29. The van der Waals surface area contributed by atoms with Crippen LogP contribution in [0.15, 0.2) is 0 Å². The van der Waals surface area contributed by atoms with Crippen molar-refractivity contribution in [1.82, 2.24) is 10.2 Å². The average molecular weight is 244 g/mol. The normalized spacial score (nSPS) is 26.4. The molecule has 2 unspecified atom stereocenters. The van der Waals surface area contributed by atoms with Crippen molar-refractivity contribution < 1.29 is 15.0 Å². The lowest BCUT2D eigenvalue weighted by molar-refractivity contribution is -0.139. The molecule has 0 bridgehead atoms. The molecule has 3 N–H and O–H groups in total. The third kappa shape index (κ3) is 5.02. The summed E-state index contributed by atoms with van der Waals surface area (Å²) in [4.78, 5) is 12.8. The summed E-state index contributed by atoms with van der Waals surface area (Å²) < 4.78 is 0. The van der Waals surface area contributed by atoms with Crippen molar-refractivity contribution in [2.75, 3.05) is 32.8 Å². The van der Waals surface area contributed by atoms with E-state index in [-0.39, 0.29) is 13.2 Å². The van der Waals surface area contributed by atoms with E-state index in [0.717, 1.165) is 19.5 Å². The average Bonchev–Trinajstić information content (AvgIpc) is 2.25. The van der Waals surface area contributed by atoms with Gasteiger partial charge in [0.1, 0.15) is 0 Å². The molecule has 1 rings (SSSR count). The van der Waals surface area contributed by atoms with E-state index in [4.69, 9.17) is 10.2 Å². The number of aliphatic carboxylic acids is 1. The van der Waals surface area contributed by atoms with Crippen LogP contribution >= 0.6 is 0 Å². The zero-order valence-corrected chi connectivity index (χ0v) is 10.7. The molecule has 2 atom stereocenters. The number of hydrogen-bond acceptors (Lipinski definition) is 4. The van der Waals surface area contributed by atoms with Gasteiger partial charge in [-0.25, -0.2) is 0 Å². The lowest BCUT2D eigenvalue weighted by Crippen LogP contribution is -2.52. The van der Waals surface area contributed by atoms with Crippen LogP contribution in [0.3, 0.4) is 0 Å². The van der Waals surface area contributed by atoms with E-state index in [0.29, 0.717) is 24.4 Å². The summed E-state index contributed by atoms with van der Waals surface area (Å²) in [6, 6.07) is 0.294. The smallest absolute Gasteiger partial charge is 0.317 e. The number of likely N-dealkylation sites (tertiary alicyclic amines) is 1. The van der Waals surface area contributed by atoms with Gasteiger partial charge in [-0.2, -0.15) is 0 Å². The van der Waals surface area contributed by atoms with E-state index in [1.165, 1.54) is 0 Å². The highest BCUT2D eigenvalue weighted by Crippen LogP contribution is 2.23. The highest BCUT2D eigenvalue weighted by molar-refractivity contribution is 5.69. The van der Waals surface area contributed by atoms with Crippen molar-refractivity contribution in [3.63, 3.8) is 0 Å². The van der Waals surface area contributed by atoms with Crippen LogP contribution in [-0.2, 0) is 4.79 Å². The van der Waals surface area contributed by atoms with Crippen LogP contribution in [-0.4, -0.2) is 59.9 Å². The van der Waals surface area contributed by atoms with E-state index in [1.807, 2.05) is 4.90 Å². The molecule has 1 saturated heterocycles. The summed E-state index contributed by atoms with van der Waals surface area (Å²) in [6.07, 6.45) is 1.06. The first kappa shape index (κ1) is 14.4. The van der Waals surface area contributed by atoms with Crippen LogP contribution in [0.2, 0.25) is 0 Å². The standard InChI is InChI=1S/C12H24N2O3/c1-9(2)10-5-11(13-3-4-15)7-14(6-10)8-12(16)17/h9-11,13,15H,3-8H2,1-2H3,(H,16,17). The van der Waals surface area contributed by atoms with Gasteiger partial charge >= 0.3 is 5.97 Å². The maximum atomic E-state index is 10.8. The zero-order chi connectivity index (χ0) is 12.8. The van der Waals surface area contributed by atoms with Gasteiger partial charge < -0.3 is 15.5 Å². The molecule has 17 heavy (non-hydrogen) atoms. The Morgan fingerprint density at radius 1 is 1.47 bits per heavy atom. The van der Waals surface area contributed by atoms with Gasteiger partial charge in [0.2, 0.25) is 0 Å². The van der Waals surface area contributed by atoms with Gasteiger partial charge in [-0.05, 0) is 18.3 Å². The fraction of sp³-hybridized carbons (Fsp3) is 0.917. The van der Waals surface area contributed by atoms with Crippen molar-refractivity contribution in [1.29, 1.82) is 0 Å². The number of hydrogen-bond donors (Lipinski definition) is 3. The van der Waals surface area contributed by atoms with Gasteiger partial charge in [0.05, 0.1) is 13.2 Å². The van der Waals surface area contributed by atoms with Crippen LogP contribution in [0.5, 0.6) is 0 Å². The van der Waals surface area contributed by atoms with Crippen LogP contribution in [0, 0.1) is 11.8 Å². The largest absolute Gasteiger partial charge is 0.480 e. The van der Waals surface area contributed by atoms with Gasteiger partial charge in [0.15, 0.2) is 0 Å². The minimum atomic E-state index is -0.768. The van der Waals surface area contributed by atoms with Crippen molar-refractivity contribution in [3.05, 3.63) is 0 Å². The number of nitrogens with zero attached hydrogens (tertiary/aromatic N) is 1. The van der Waals surface area contributed by atoms with Gasteiger partial charge in [-0.15, -0.1) is 0 Å². The summed E-state index contributed by atoms with van der Waals surface area (Å²) in [5.41, 5.74) is 0. The van der Waals surface area contributed by atoms with E-state index in [9.17, 15) is 4.79 Å². The first-order valence-corrected chi connectivity index (χ1v) is 6.31. The van der Waals surface area contributed by atoms with Crippen molar-refractivity contribution in [3.8, 4) is 0 Å². The predicted octanol–water partition coefficient (Wildman–Crippen LogP) is -0.000600. The number of piperidine rings is 1. The lowest BCUT2D eigenvalue weighted by atomic mass is 9.85. The third-order valence-electron chi connectivity index (χ3n) is 3.41. The van der Waals surface area contributed by atoms with Crippen molar-refractivity contribution >= 4 is 5.97 Å². The molecule has 1 aliphatic heterocycles. The Balaban J connectivity index is 2.52. The van der Waals surface area contributed by atoms with Gasteiger partial charge in [0, 0.05) is 25.7 Å². The molecule has 0 amide bonds. The van der Waals surface area contributed by atoms with Crippen LogP contribution < -0.4 is 5.32 Å². The molecule has 5 nitrogen and oxygen atoms in total. The Bertz CT molecular complexity index is 246. The van der Waals surface area contributed by atoms with Gasteiger partial charge in [0.25, 0.3) is 0 Å². The minimum absolute atomic E-state index is 0.112. The molecule has 1 fully saturated rings. The minimum Gasteiger partial charge on any atom is -0.480 e.